The minimum Gasteiger partial charge on any atom is -0.483 e. The second kappa shape index (κ2) is 9.81. The molecule has 0 bridgehead atoms. The predicted molar refractivity (Wildman–Crippen MR) is 98.5 cm³/mol. The molecule has 1 amide bonds. The first-order valence-corrected chi connectivity index (χ1v) is 8.63. The predicted octanol–water partition coefficient (Wildman–Crippen LogP) is 1.85. The molecule has 5 nitrogen and oxygen atoms in total. The van der Waals surface area contributed by atoms with Crippen molar-refractivity contribution in [3.8, 4) is 5.75 Å². The number of quaternary nitrogens is 1. The topological polar surface area (TPSA) is 75.2 Å². The van der Waals surface area contributed by atoms with Crippen molar-refractivity contribution in [1.82, 2.24) is 0 Å². The van der Waals surface area contributed by atoms with Gasteiger partial charge in [-0.15, -0.1) is 0 Å². The molecule has 0 aliphatic carbocycles. The summed E-state index contributed by atoms with van der Waals surface area (Å²) in [5.74, 6) is 0.509. The van der Waals surface area contributed by atoms with E-state index in [1.165, 1.54) is 0 Å². The zero-order valence-electron chi connectivity index (χ0n) is 14.9. The fourth-order valence-corrected chi connectivity index (χ4v) is 2.45. The number of amides is 1. The number of benzene rings is 2. The Bertz CT molecular complexity index is 667. The number of rotatable bonds is 9. The average molecular weight is 343 g/mol. The highest BCUT2D eigenvalue weighted by molar-refractivity contribution is 5.91. The molecule has 0 aromatic heterocycles. The molecule has 134 valence electrons. The van der Waals surface area contributed by atoms with Gasteiger partial charge in [0.2, 0.25) is 0 Å². The van der Waals surface area contributed by atoms with E-state index in [2.05, 4.69) is 17.6 Å². The second-order valence-electron chi connectivity index (χ2n) is 6.10. The fourth-order valence-electron chi connectivity index (χ4n) is 2.45. The molecule has 0 saturated carbocycles. The van der Waals surface area contributed by atoms with Gasteiger partial charge in [0.1, 0.15) is 18.3 Å². The van der Waals surface area contributed by atoms with Gasteiger partial charge in [-0.3, -0.25) is 4.79 Å². The summed E-state index contributed by atoms with van der Waals surface area (Å²) < 4.78 is 5.70. The van der Waals surface area contributed by atoms with Crippen LogP contribution in [0.3, 0.4) is 0 Å². The number of aliphatic hydroxyl groups excluding tert-OH is 1. The van der Waals surface area contributed by atoms with E-state index in [1.54, 1.807) is 0 Å². The van der Waals surface area contributed by atoms with E-state index < -0.39 is 0 Å². The molecular weight excluding hydrogens is 316 g/mol. The molecule has 0 saturated heterocycles. The number of anilines is 1. The summed E-state index contributed by atoms with van der Waals surface area (Å²) in [6, 6.07) is 15.5. The summed E-state index contributed by atoms with van der Waals surface area (Å²) in [6.45, 7) is 4.87. The SMILES string of the molecule is CC[C@@H](CO)[NH2+]Cc1ccccc1OCC(=O)Nc1ccc(C)cc1. The van der Waals surface area contributed by atoms with Crippen molar-refractivity contribution in [3.05, 3.63) is 59.7 Å². The van der Waals surface area contributed by atoms with E-state index >= 15 is 0 Å². The Morgan fingerprint density at radius 3 is 2.60 bits per heavy atom. The third-order valence-corrected chi connectivity index (χ3v) is 4.10. The molecule has 0 radical (unpaired) electrons. The molecule has 0 heterocycles. The molecule has 2 rings (SSSR count). The van der Waals surface area contributed by atoms with E-state index in [0.717, 1.165) is 23.2 Å². The van der Waals surface area contributed by atoms with Crippen LogP contribution in [0.4, 0.5) is 5.69 Å². The third-order valence-electron chi connectivity index (χ3n) is 4.10. The summed E-state index contributed by atoms with van der Waals surface area (Å²) in [5.41, 5.74) is 2.92. The zero-order chi connectivity index (χ0) is 18.1. The molecule has 2 aromatic carbocycles. The fraction of sp³-hybridized carbons (Fsp3) is 0.350. The van der Waals surface area contributed by atoms with Gasteiger partial charge in [-0.1, -0.05) is 36.8 Å². The number of aliphatic hydroxyl groups is 1. The first-order chi connectivity index (χ1) is 12.1. The molecule has 5 heteroatoms. The van der Waals surface area contributed by atoms with E-state index in [4.69, 9.17) is 4.74 Å². The summed E-state index contributed by atoms with van der Waals surface area (Å²) in [6.07, 6.45) is 0.901. The Labute approximate surface area is 149 Å². The Kier molecular flexibility index (Phi) is 7.44. The first-order valence-electron chi connectivity index (χ1n) is 8.63. The number of nitrogens with two attached hydrogens (primary N) is 1. The third kappa shape index (κ3) is 6.21. The van der Waals surface area contributed by atoms with Crippen LogP contribution in [0.25, 0.3) is 0 Å². The van der Waals surface area contributed by atoms with Crippen molar-refractivity contribution in [2.75, 3.05) is 18.5 Å². The standard InChI is InChI=1S/C20H26N2O3/c1-3-17(13-23)21-12-16-6-4-5-7-19(16)25-14-20(24)22-18-10-8-15(2)9-11-18/h4-11,17,21,23H,3,12-14H2,1-2H3,(H,22,24)/p+1/t17-/m0/s1. The molecule has 4 N–H and O–H groups in total. The number of ether oxygens (including phenoxy) is 1. The van der Waals surface area contributed by atoms with Gasteiger partial charge in [0.05, 0.1) is 6.61 Å². The molecule has 2 aromatic rings. The number of carbonyl (C=O) groups is 1. The summed E-state index contributed by atoms with van der Waals surface area (Å²) in [7, 11) is 0. The van der Waals surface area contributed by atoms with E-state index in [9.17, 15) is 9.90 Å². The molecule has 25 heavy (non-hydrogen) atoms. The van der Waals surface area contributed by atoms with Gasteiger partial charge in [0.25, 0.3) is 5.91 Å². The van der Waals surface area contributed by atoms with E-state index in [1.807, 2.05) is 55.5 Å². The normalized spacial score (nSPS) is 11.8. The number of nitrogens with one attached hydrogen (secondary N) is 1. The number of para-hydroxylation sites is 1. The number of carbonyl (C=O) groups excluding carboxylic acids is 1. The Hall–Kier alpha value is -2.37. The monoisotopic (exact) mass is 343 g/mol. The number of hydrogen-bond donors (Lipinski definition) is 3. The number of aryl methyl sites for hydroxylation is 1. The summed E-state index contributed by atoms with van der Waals surface area (Å²) in [5, 5.41) is 14.2. The van der Waals surface area contributed by atoms with Gasteiger partial charge in [0, 0.05) is 11.3 Å². The van der Waals surface area contributed by atoms with Crippen LogP contribution in [0.1, 0.15) is 24.5 Å². The highest BCUT2D eigenvalue weighted by atomic mass is 16.5. The minimum absolute atomic E-state index is 0.0396. The van der Waals surface area contributed by atoms with Gasteiger partial charge in [-0.05, 0) is 37.6 Å². The van der Waals surface area contributed by atoms with Gasteiger partial charge < -0.3 is 20.5 Å². The Balaban J connectivity index is 1.89. The van der Waals surface area contributed by atoms with Crippen LogP contribution in [0, 0.1) is 6.92 Å². The Morgan fingerprint density at radius 2 is 1.92 bits per heavy atom. The van der Waals surface area contributed by atoms with Crippen molar-refractivity contribution in [1.29, 1.82) is 0 Å². The Morgan fingerprint density at radius 1 is 1.20 bits per heavy atom. The van der Waals surface area contributed by atoms with Crippen molar-refractivity contribution in [2.45, 2.75) is 32.9 Å². The van der Waals surface area contributed by atoms with Crippen molar-refractivity contribution < 1.29 is 20.0 Å². The summed E-state index contributed by atoms with van der Waals surface area (Å²) >= 11 is 0. The molecule has 0 spiro atoms. The summed E-state index contributed by atoms with van der Waals surface area (Å²) in [4.78, 5) is 12.1. The maximum atomic E-state index is 12.1. The lowest BCUT2D eigenvalue weighted by Crippen LogP contribution is -2.89. The van der Waals surface area contributed by atoms with Gasteiger partial charge in [-0.25, -0.2) is 0 Å². The molecule has 0 fully saturated rings. The smallest absolute Gasteiger partial charge is 0.262 e. The van der Waals surface area contributed by atoms with Crippen molar-refractivity contribution in [3.63, 3.8) is 0 Å². The van der Waals surface area contributed by atoms with E-state index in [0.29, 0.717) is 12.3 Å². The maximum absolute atomic E-state index is 12.1. The van der Waals surface area contributed by atoms with Crippen LogP contribution in [0.2, 0.25) is 0 Å². The average Bonchev–Trinajstić information content (AvgIpc) is 2.63. The molecular formula is C20H27N2O3+. The first kappa shape index (κ1) is 19.0. The van der Waals surface area contributed by atoms with Crippen LogP contribution in [0.15, 0.2) is 48.5 Å². The van der Waals surface area contributed by atoms with Gasteiger partial charge >= 0.3 is 0 Å². The lowest BCUT2D eigenvalue weighted by molar-refractivity contribution is -0.706. The molecule has 0 unspecified atom stereocenters. The molecule has 0 aliphatic rings. The van der Waals surface area contributed by atoms with Crippen molar-refractivity contribution in [2.24, 2.45) is 0 Å². The lowest BCUT2D eigenvalue weighted by atomic mass is 10.1. The van der Waals surface area contributed by atoms with Crippen LogP contribution < -0.4 is 15.4 Å². The maximum Gasteiger partial charge on any atom is 0.262 e. The second-order valence-corrected chi connectivity index (χ2v) is 6.10. The largest absolute Gasteiger partial charge is 0.483 e. The minimum atomic E-state index is -0.190. The molecule has 0 aliphatic heterocycles. The van der Waals surface area contributed by atoms with Crippen LogP contribution in [-0.2, 0) is 11.3 Å². The van der Waals surface area contributed by atoms with Crippen LogP contribution >= 0.6 is 0 Å². The van der Waals surface area contributed by atoms with Gasteiger partial charge in [0.15, 0.2) is 6.61 Å². The quantitative estimate of drug-likeness (QED) is 0.650. The lowest BCUT2D eigenvalue weighted by Gasteiger charge is -2.14. The van der Waals surface area contributed by atoms with Crippen LogP contribution in [-0.4, -0.2) is 30.3 Å². The molecule has 1 atom stereocenters. The van der Waals surface area contributed by atoms with Crippen LogP contribution in [0.5, 0.6) is 5.75 Å². The zero-order valence-corrected chi connectivity index (χ0v) is 14.9. The van der Waals surface area contributed by atoms with Crippen molar-refractivity contribution >= 4 is 11.6 Å². The number of hydrogen-bond acceptors (Lipinski definition) is 3. The van der Waals surface area contributed by atoms with Gasteiger partial charge in [-0.2, -0.15) is 0 Å². The highest BCUT2D eigenvalue weighted by Crippen LogP contribution is 2.17. The van der Waals surface area contributed by atoms with E-state index in [-0.39, 0.29) is 25.2 Å². The highest BCUT2D eigenvalue weighted by Gasteiger charge is 2.11.